The number of aromatic nitrogens is 2. The summed E-state index contributed by atoms with van der Waals surface area (Å²) in [6.45, 7) is 0. The number of hydrogen-bond donors (Lipinski definition) is 1. The van der Waals surface area contributed by atoms with E-state index in [0.29, 0.717) is 16.8 Å². The smallest absolute Gasteiger partial charge is 0.398 e. The number of nitrogens with one attached hydrogen (secondary N) is 1. The molecule has 0 aliphatic heterocycles. The zero-order chi connectivity index (χ0) is 11.8. The fraction of sp³-hybridized carbons (Fsp3) is 0.333. The molecule has 0 saturated heterocycles. The molecule has 2 aromatic heterocycles. The second-order valence-corrected chi connectivity index (χ2v) is 4.70. The minimum atomic E-state index is -0.576. The molecule has 1 aliphatic rings. The van der Waals surface area contributed by atoms with E-state index in [-0.39, 0.29) is 5.88 Å². The van der Waals surface area contributed by atoms with Crippen LogP contribution in [0.3, 0.4) is 0 Å². The number of rotatable bonds is 4. The average Bonchev–Trinajstić information content (AvgIpc) is 2.82. The molecule has 2 heterocycles. The van der Waals surface area contributed by atoms with Gasteiger partial charge in [-0.2, -0.15) is 0 Å². The lowest BCUT2D eigenvalue weighted by Gasteiger charge is -1.93. The molecule has 0 aromatic carbocycles. The number of furan rings is 1. The average molecular weight is 252 g/mol. The lowest BCUT2D eigenvalue weighted by molar-refractivity contribution is -0.401. The summed E-state index contributed by atoms with van der Waals surface area (Å²) in [7, 11) is 0. The quantitative estimate of drug-likeness (QED) is 0.662. The van der Waals surface area contributed by atoms with Crippen molar-refractivity contribution in [3.63, 3.8) is 0 Å². The van der Waals surface area contributed by atoms with E-state index in [0.717, 1.165) is 18.0 Å². The highest BCUT2D eigenvalue weighted by Gasteiger charge is 2.23. The van der Waals surface area contributed by atoms with Crippen LogP contribution < -0.4 is 5.32 Å². The molecule has 1 N–H and O–H groups in total. The highest BCUT2D eigenvalue weighted by atomic mass is 32.1. The van der Waals surface area contributed by atoms with Gasteiger partial charge in [-0.15, -0.1) is 10.2 Å². The van der Waals surface area contributed by atoms with Gasteiger partial charge in [-0.3, -0.25) is 10.1 Å². The molecule has 1 fully saturated rings. The minimum Gasteiger partial charge on any atom is -0.398 e. The summed E-state index contributed by atoms with van der Waals surface area (Å²) in [5, 5.41) is 22.8. The van der Waals surface area contributed by atoms with E-state index in [1.54, 1.807) is 0 Å². The van der Waals surface area contributed by atoms with Crippen LogP contribution in [0.15, 0.2) is 16.5 Å². The van der Waals surface area contributed by atoms with Gasteiger partial charge in [0.15, 0.2) is 10.8 Å². The van der Waals surface area contributed by atoms with Crippen molar-refractivity contribution in [1.29, 1.82) is 0 Å². The fourth-order valence-electron chi connectivity index (χ4n) is 1.32. The van der Waals surface area contributed by atoms with Gasteiger partial charge in [0, 0.05) is 6.04 Å². The normalized spacial score (nSPS) is 14.8. The monoisotopic (exact) mass is 252 g/mol. The Bertz CT molecular complexity index is 560. The predicted octanol–water partition coefficient (Wildman–Crippen LogP) is 2.28. The number of nitrogens with zero attached hydrogens (tertiary/aromatic N) is 3. The van der Waals surface area contributed by atoms with E-state index in [1.165, 1.54) is 23.5 Å². The Hall–Kier alpha value is -1.96. The second kappa shape index (κ2) is 3.81. The molecule has 3 rings (SSSR count). The largest absolute Gasteiger partial charge is 0.433 e. The van der Waals surface area contributed by atoms with Gasteiger partial charge in [-0.05, 0) is 18.9 Å². The lowest BCUT2D eigenvalue weighted by atomic mass is 10.5. The van der Waals surface area contributed by atoms with Crippen LogP contribution in [0.2, 0.25) is 0 Å². The first-order chi connectivity index (χ1) is 8.22. The molecule has 1 saturated carbocycles. The molecule has 0 bridgehead atoms. The summed E-state index contributed by atoms with van der Waals surface area (Å²) in [5.41, 5.74) is 0. The summed E-state index contributed by atoms with van der Waals surface area (Å²) in [4.78, 5) is 9.90. The number of anilines is 1. The van der Waals surface area contributed by atoms with E-state index in [2.05, 4.69) is 15.5 Å². The Labute approximate surface area is 99.6 Å². The lowest BCUT2D eigenvalue weighted by Crippen LogP contribution is -1.99. The van der Waals surface area contributed by atoms with Crippen molar-refractivity contribution in [3.05, 3.63) is 22.2 Å². The highest BCUT2D eigenvalue weighted by molar-refractivity contribution is 7.18. The van der Waals surface area contributed by atoms with E-state index < -0.39 is 4.92 Å². The Morgan fingerprint density at radius 3 is 2.94 bits per heavy atom. The third-order valence-electron chi connectivity index (χ3n) is 2.31. The van der Waals surface area contributed by atoms with Crippen molar-refractivity contribution in [1.82, 2.24) is 10.2 Å². The van der Waals surface area contributed by atoms with Gasteiger partial charge in [0.1, 0.15) is 4.92 Å². The Morgan fingerprint density at radius 1 is 1.47 bits per heavy atom. The van der Waals surface area contributed by atoms with Gasteiger partial charge in [-0.25, -0.2) is 0 Å². The maximum Gasteiger partial charge on any atom is 0.433 e. The minimum absolute atomic E-state index is 0.285. The Kier molecular flexibility index (Phi) is 2.29. The van der Waals surface area contributed by atoms with E-state index in [1.807, 2.05) is 0 Å². The molecule has 8 heteroatoms. The summed E-state index contributed by atoms with van der Waals surface area (Å²) < 4.78 is 5.05. The third kappa shape index (κ3) is 2.11. The molecule has 0 unspecified atom stereocenters. The second-order valence-electron chi connectivity index (χ2n) is 3.73. The highest BCUT2D eigenvalue weighted by Crippen LogP contribution is 2.32. The summed E-state index contributed by atoms with van der Waals surface area (Å²) >= 11 is 1.33. The van der Waals surface area contributed by atoms with Crippen LogP contribution in [-0.4, -0.2) is 21.2 Å². The van der Waals surface area contributed by atoms with Crippen LogP contribution >= 0.6 is 11.3 Å². The van der Waals surface area contributed by atoms with Gasteiger partial charge in [-0.1, -0.05) is 11.3 Å². The van der Waals surface area contributed by atoms with Crippen molar-refractivity contribution in [2.75, 3.05) is 5.32 Å². The maximum atomic E-state index is 10.5. The van der Waals surface area contributed by atoms with Gasteiger partial charge >= 0.3 is 5.88 Å². The van der Waals surface area contributed by atoms with Crippen LogP contribution in [0.1, 0.15) is 12.8 Å². The van der Waals surface area contributed by atoms with Crippen molar-refractivity contribution in [2.45, 2.75) is 18.9 Å². The molecule has 0 spiro atoms. The van der Waals surface area contributed by atoms with Gasteiger partial charge in [0.2, 0.25) is 5.13 Å². The molecular weight excluding hydrogens is 244 g/mol. The molecule has 0 atom stereocenters. The van der Waals surface area contributed by atoms with E-state index >= 15 is 0 Å². The van der Waals surface area contributed by atoms with Crippen molar-refractivity contribution >= 4 is 22.4 Å². The standard InChI is InChI=1S/C9H8N4O3S/c14-13(15)7-4-3-6(16-7)8-11-12-9(17-8)10-5-1-2-5/h3-5H,1-2H2,(H,10,12). The first-order valence-electron chi connectivity index (χ1n) is 5.07. The molecule has 1 aliphatic carbocycles. The topological polar surface area (TPSA) is 94.1 Å². The Balaban J connectivity index is 1.81. The zero-order valence-electron chi connectivity index (χ0n) is 8.62. The van der Waals surface area contributed by atoms with Crippen LogP contribution in [0.25, 0.3) is 10.8 Å². The summed E-state index contributed by atoms with van der Waals surface area (Å²) in [6.07, 6.45) is 2.31. The zero-order valence-corrected chi connectivity index (χ0v) is 9.44. The van der Waals surface area contributed by atoms with Crippen molar-refractivity contribution in [2.24, 2.45) is 0 Å². The van der Waals surface area contributed by atoms with Crippen LogP contribution in [0.4, 0.5) is 11.0 Å². The van der Waals surface area contributed by atoms with Gasteiger partial charge in [0.05, 0.1) is 6.07 Å². The Morgan fingerprint density at radius 2 is 2.29 bits per heavy atom. The van der Waals surface area contributed by atoms with Gasteiger partial charge in [0.25, 0.3) is 0 Å². The van der Waals surface area contributed by atoms with E-state index in [4.69, 9.17) is 4.42 Å². The van der Waals surface area contributed by atoms with Crippen LogP contribution in [0, 0.1) is 10.1 Å². The molecule has 2 aromatic rings. The summed E-state index contributed by atoms with van der Waals surface area (Å²) in [5.74, 6) is 0.0879. The fourth-order valence-corrected chi connectivity index (χ4v) is 2.11. The van der Waals surface area contributed by atoms with Crippen LogP contribution in [0.5, 0.6) is 0 Å². The van der Waals surface area contributed by atoms with Crippen LogP contribution in [-0.2, 0) is 0 Å². The molecule has 0 radical (unpaired) electrons. The SMILES string of the molecule is O=[N+]([O-])c1ccc(-c2nnc(NC3CC3)s2)o1. The third-order valence-corrected chi connectivity index (χ3v) is 3.18. The number of hydrogen-bond acceptors (Lipinski definition) is 7. The maximum absolute atomic E-state index is 10.5. The van der Waals surface area contributed by atoms with Crippen molar-refractivity contribution in [3.8, 4) is 10.8 Å². The van der Waals surface area contributed by atoms with Gasteiger partial charge < -0.3 is 9.73 Å². The summed E-state index contributed by atoms with van der Waals surface area (Å²) in [6, 6.07) is 3.34. The molecule has 0 amide bonds. The molecule has 88 valence electrons. The predicted molar refractivity (Wildman–Crippen MR) is 60.9 cm³/mol. The molecule has 7 nitrogen and oxygen atoms in total. The van der Waals surface area contributed by atoms with E-state index in [9.17, 15) is 10.1 Å². The van der Waals surface area contributed by atoms with Crippen molar-refractivity contribution < 1.29 is 9.34 Å². The number of nitro groups is 1. The first-order valence-corrected chi connectivity index (χ1v) is 5.88. The first kappa shape index (κ1) is 10.2. The molecular formula is C9H8N4O3S. The molecule has 17 heavy (non-hydrogen) atoms.